The molecule has 1 unspecified atom stereocenters. The Morgan fingerprint density at radius 2 is 1.68 bits per heavy atom. The minimum absolute atomic E-state index is 0.666. The summed E-state index contributed by atoms with van der Waals surface area (Å²) >= 11 is 1.49. The standard InChI is InChI=1S/C18H18N2OS/c1-20(2)15-10-8-13(9-11-15)16-12-22-18(19-16)17(21)14-6-4-3-5-7-14/h3-12,17,21H,1-2H3. The minimum Gasteiger partial charge on any atom is -0.381 e. The maximum atomic E-state index is 10.4. The molecule has 0 amide bonds. The number of hydrogen-bond donors (Lipinski definition) is 1. The smallest absolute Gasteiger partial charge is 0.131 e. The van der Waals surface area contributed by atoms with Crippen LogP contribution in [0.25, 0.3) is 11.3 Å². The molecule has 112 valence electrons. The molecular weight excluding hydrogens is 292 g/mol. The van der Waals surface area contributed by atoms with Crippen LogP contribution in [0.5, 0.6) is 0 Å². The van der Waals surface area contributed by atoms with E-state index in [2.05, 4.69) is 34.1 Å². The largest absolute Gasteiger partial charge is 0.381 e. The molecule has 0 bridgehead atoms. The van der Waals surface area contributed by atoms with E-state index in [1.165, 1.54) is 11.3 Å². The van der Waals surface area contributed by atoms with E-state index >= 15 is 0 Å². The SMILES string of the molecule is CN(C)c1ccc(-c2csc(C(O)c3ccccc3)n2)cc1. The average Bonchev–Trinajstić information content (AvgIpc) is 3.05. The van der Waals surface area contributed by atoms with Crippen molar-refractivity contribution in [3.05, 3.63) is 70.5 Å². The zero-order chi connectivity index (χ0) is 15.5. The van der Waals surface area contributed by atoms with E-state index < -0.39 is 6.10 Å². The van der Waals surface area contributed by atoms with E-state index in [9.17, 15) is 5.11 Å². The number of thiazole rings is 1. The Balaban J connectivity index is 1.84. The molecule has 4 heteroatoms. The van der Waals surface area contributed by atoms with Gasteiger partial charge in [0, 0.05) is 30.7 Å². The van der Waals surface area contributed by atoms with Crippen molar-refractivity contribution >= 4 is 17.0 Å². The summed E-state index contributed by atoms with van der Waals surface area (Å²) in [4.78, 5) is 6.65. The van der Waals surface area contributed by atoms with Crippen LogP contribution in [0.2, 0.25) is 0 Å². The summed E-state index contributed by atoms with van der Waals surface area (Å²) < 4.78 is 0. The Morgan fingerprint density at radius 3 is 2.32 bits per heavy atom. The number of rotatable bonds is 4. The number of hydrogen-bond acceptors (Lipinski definition) is 4. The summed E-state index contributed by atoms with van der Waals surface area (Å²) in [5, 5.41) is 13.1. The normalized spacial score (nSPS) is 12.1. The Kier molecular flexibility index (Phi) is 4.22. The lowest BCUT2D eigenvalue weighted by Crippen LogP contribution is -2.07. The van der Waals surface area contributed by atoms with Crippen molar-refractivity contribution in [3.8, 4) is 11.3 Å². The monoisotopic (exact) mass is 310 g/mol. The molecule has 2 aromatic carbocycles. The van der Waals surface area contributed by atoms with E-state index in [0.29, 0.717) is 0 Å². The third-order valence-corrected chi connectivity index (χ3v) is 4.45. The molecule has 22 heavy (non-hydrogen) atoms. The first-order valence-electron chi connectivity index (χ1n) is 7.11. The number of benzene rings is 2. The molecule has 0 aliphatic heterocycles. The van der Waals surface area contributed by atoms with Crippen LogP contribution < -0.4 is 4.90 Å². The molecule has 0 aliphatic carbocycles. The van der Waals surface area contributed by atoms with Gasteiger partial charge in [0.25, 0.3) is 0 Å². The quantitative estimate of drug-likeness (QED) is 0.792. The first kappa shape index (κ1) is 14.8. The summed E-state index contributed by atoms with van der Waals surface area (Å²) in [5.74, 6) is 0. The molecule has 0 fully saturated rings. The van der Waals surface area contributed by atoms with Crippen LogP contribution >= 0.6 is 11.3 Å². The fourth-order valence-electron chi connectivity index (χ4n) is 2.25. The molecule has 1 atom stereocenters. The highest BCUT2D eigenvalue weighted by Gasteiger charge is 2.15. The van der Waals surface area contributed by atoms with Gasteiger partial charge in [0.2, 0.25) is 0 Å². The second-order valence-corrected chi connectivity index (χ2v) is 6.22. The highest BCUT2D eigenvalue weighted by atomic mass is 32.1. The van der Waals surface area contributed by atoms with Gasteiger partial charge < -0.3 is 10.0 Å². The van der Waals surface area contributed by atoms with Gasteiger partial charge in [-0.25, -0.2) is 4.98 Å². The van der Waals surface area contributed by atoms with Crippen LogP contribution in [-0.2, 0) is 0 Å². The van der Waals surface area contributed by atoms with Crippen LogP contribution in [0.1, 0.15) is 16.7 Å². The molecule has 3 aromatic rings. The summed E-state index contributed by atoms with van der Waals surface area (Å²) in [6, 6.07) is 17.9. The predicted molar refractivity (Wildman–Crippen MR) is 92.4 cm³/mol. The third-order valence-electron chi connectivity index (χ3n) is 3.55. The minimum atomic E-state index is -0.666. The number of anilines is 1. The van der Waals surface area contributed by atoms with Crippen LogP contribution in [0.4, 0.5) is 5.69 Å². The number of aromatic nitrogens is 1. The Bertz CT molecular complexity index is 735. The van der Waals surface area contributed by atoms with Crippen molar-refractivity contribution in [2.24, 2.45) is 0 Å². The lowest BCUT2D eigenvalue weighted by Gasteiger charge is -2.12. The molecule has 3 rings (SSSR count). The van der Waals surface area contributed by atoms with Gasteiger partial charge in [-0.3, -0.25) is 0 Å². The molecule has 0 aliphatic rings. The second-order valence-electron chi connectivity index (χ2n) is 5.33. The van der Waals surface area contributed by atoms with Gasteiger partial charge in [-0.05, 0) is 17.7 Å². The van der Waals surface area contributed by atoms with Gasteiger partial charge in [-0.2, -0.15) is 0 Å². The Morgan fingerprint density at radius 1 is 1.00 bits per heavy atom. The van der Waals surface area contributed by atoms with Gasteiger partial charge in [-0.1, -0.05) is 42.5 Å². The average molecular weight is 310 g/mol. The molecule has 3 nitrogen and oxygen atoms in total. The maximum Gasteiger partial charge on any atom is 0.131 e. The number of aliphatic hydroxyl groups is 1. The van der Waals surface area contributed by atoms with Crippen molar-refractivity contribution in [1.29, 1.82) is 0 Å². The summed E-state index contributed by atoms with van der Waals surface area (Å²) in [6.07, 6.45) is -0.666. The number of aliphatic hydroxyl groups excluding tert-OH is 1. The van der Waals surface area contributed by atoms with Gasteiger partial charge in [0.05, 0.1) is 5.69 Å². The Labute approximate surface area is 134 Å². The second kappa shape index (κ2) is 6.30. The van der Waals surface area contributed by atoms with E-state index in [1.54, 1.807) is 0 Å². The maximum absolute atomic E-state index is 10.4. The first-order valence-corrected chi connectivity index (χ1v) is 7.99. The molecule has 0 saturated carbocycles. The van der Waals surface area contributed by atoms with Crippen LogP contribution in [0.15, 0.2) is 60.0 Å². The van der Waals surface area contributed by atoms with Gasteiger partial charge in [0.1, 0.15) is 11.1 Å². The summed E-state index contributed by atoms with van der Waals surface area (Å²) in [6.45, 7) is 0. The van der Waals surface area contributed by atoms with Gasteiger partial charge in [0.15, 0.2) is 0 Å². The van der Waals surface area contributed by atoms with Crippen molar-refractivity contribution in [3.63, 3.8) is 0 Å². The van der Waals surface area contributed by atoms with Gasteiger partial charge >= 0.3 is 0 Å². The Hall–Kier alpha value is -2.17. The fourth-order valence-corrected chi connectivity index (χ4v) is 3.09. The van der Waals surface area contributed by atoms with Crippen molar-refractivity contribution in [1.82, 2.24) is 4.98 Å². The van der Waals surface area contributed by atoms with E-state index in [-0.39, 0.29) is 0 Å². The van der Waals surface area contributed by atoms with E-state index in [0.717, 1.165) is 27.5 Å². The van der Waals surface area contributed by atoms with Crippen molar-refractivity contribution in [2.75, 3.05) is 19.0 Å². The fraction of sp³-hybridized carbons (Fsp3) is 0.167. The van der Waals surface area contributed by atoms with Crippen LogP contribution in [0, 0.1) is 0 Å². The van der Waals surface area contributed by atoms with E-state index in [1.807, 2.05) is 49.8 Å². The molecule has 1 N–H and O–H groups in total. The highest BCUT2D eigenvalue weighted by Crippen LogP contribution is 2.29. The number of nitrogens with zero attached hydrogens (tertiary/aromatic N) is 2. The molecular formula is C18H18N2OS. The first-order chi connectivity index (χ1) is 10.6. The van der Waals surface area contributed by atoms with Gasteiger partial charge in [-0.15, -0.1) is 11.3 Å². The highest BCUT2D eigenvalue weighted by molar-refractivity contribution is 7.10. The van der Waals surface area contributed by atoms with Crippen LogP contribution in [0.3, 0.4) is 0 Å². The molecule has 0 saturated heterocycles. The molecule has 1 aromatic heterocycles. The van der Waals surface area contributed by atoms with Crippen molar-refractivity contribution < 1.29 is 5.11 Å². The molecule has 0 spiro atoms. The summed E-state index contributed by atoms with van der Waals surface area (Å²) in [7, 11) is 4.04. The molecule has 0 radical (unpaired) electrons. The summed E-state index contributed by atoms with van der Waals surface area (Å²) in [5.41, 5.74) is 3.99. The zero-order valence-corrected chi connectivity index (χ0v) is 13.4. The van der Waals surface area contributed by atoms with Crippen LogP contribution in [-0.4, -0.2) is 24.2 Å². The van der Waals surface area contributed by atoms with E-state index in [4.69, 9.17) is 0 Å². The lowest BCUT2D eigenvalue weighted by atomic mass is 10.1. The predicted octanol–water partition coefficient (Wildman–Crippen LogP) is 3.96. The topological polar surface area (TPSA) is 36.4 Å². The zero-order valence-electron chi connectivity index (χ0n) is 12.6. The lowest BCUT2D eigenvalue weighted by molar-refractivity contribution is 0.220. The molecule has 1 heterocycles. The third kappa shape index (κ3) is 3.03. The van der Waals surface area contributed by atoms with Crippen molar-refractivity contribution in [2.45, 2.75) is 6.10 Å².